The van der Waals surface area contributed by atoms with Crippen molar-refractivity contribution < 1.29 is 13.2 Å². The van der Waals surface area contributed by atoms with E-state index in [1.165, 1.54) is 12.1 Å². The Bertz CT molecular complexity index is 851. The molecule has 0 radical (unpaired) electrons. The zero-order chi connectivity index (χ0) is 15.9. The average Bonchev–Trinajstić information content (AvgIpc) is 2.87. The van der Waals surface area contributed by atoms with E-state index in [-0.39, 0.29) is 4.90 Å². The molecule has 22 heavy (non-hydrogen) atoms. The molecule has 1 atom stereocenters. The van der Waals surface area contributed by atoms with Crippen LogP contribution in [0.15, 0.2) is 57.9 Å². The number of carbonyl (C=O) groups is 1. The van der Waals surface area contributed by atoms with E-state index in [4.69, 9.17) is 5.73 Å². The number of nitrogens with zero attached hydrogens (tertiary/aromatic N) is 1. The Labute approximate surface area is 136 Å². The first-order valence-corrected chi connectivity index (χ1v) is 8.82. The third-order valence-electron chi connectivity index (χ3n) is 3.61. The van der Waals surface area contributed by atoms with Crippen molar-refractivity contribution in [2.24, 2.45) is 5.73 Å². The zero-order valence-electron chi connectivity index (χ0n) is 11.4. The van der Waals surface area contributed by atoms with Crippen LogP contribution >= 0.6 is 15.9 Å². The van der Waals surface area contributed by atoms with E-state index < -0.39 is 22.0 Å². The Morgan fingerprint density at radius 1 is 1.18 bits per heavy atom. The van der Waals surface area contributed by atoms with E-state index in [1.807, 2.05) is 12.1 Å². The summed E-state index contributed by atoms with van der Waals surface area (Å²) in [5, 5.41) is 0. The molecule has 0 aliphatic carbocycles. The molecule has 0 unspecified atom stereocenters. The first-order valence-electron chi connectivity index (χ1n) is 6.58. The van der Waals surface area contributed by atoms with E-state index in [0.717, 1.165) is 9.87 Å². The van der Waals surface area contributed by atoms with Crippen LogP contribution in [0.1, 0.15) is 5.56 Å². The van der Waals surface area contributed by atoms with Gasteiger partial charge < -0.3 is 5.73 Å². The van der Waals surface area contributed by atoms with Gasteiger partial charge in [-0.3, -0.25) is 9.10 Å². The molecule has 0 aromatic heterocycles. The molecule has 0 bridgehead atoms. The van der Waals surface area contributed by atoms with Crippen molar-refractivity contribution in [2.45, 2.75) is 17.4 Å². The number of carbonyl (C=O) groups excluding carboxylic acids is 1. The number of primary amides is 1. The van der Waals surface area contributed by atoms with Crippen LogP contribution in [-0.4, -0.2) is 20.4 Å². The van der Waals surface area contributed by atoms with Gasteiger partial charge in [-0.15, -0.1) is 0 Å². The maximum absolute atomic E-state index is 13.0. The maximum atomic E-state index is 13.0. The van der Waals surface area contributed by atoms with Crippen LogP contribution in [0.5, 0.6) is 0 Å². The maximum Gasteiger partial charge on any atom is 0.265 e. The van der Waals surface area contributed by atoms with Gasteiger partial charge in [0.15, 0.2) is 0 Å². The van der Waals surface area contributed by atoms with Crippen molar-refractivity contribution >= 4 is 37.5 Å². The standard InChI is InChI=1S/C15H13BrN2O3S/c16-11-5-3-6-12(9-11)22(20,21)18-13-7-2-1-4-10(13)8-14(18)15(17)19/h1-7,9,14H,8H2,(H2,17,19)/t14-/m0/s1. The lowest BCUT2D eigenvalue weighted by atomic mass is 10.1. The Hall–Kier alpha value is -1.86. The number of sulfonamides is 1. The Balaban J connectivity index is 2.17. The zero-order valence-corrected chi connectivity index (χ0v) is 13.8. The summed E-state index contributed by atoms with van der Waals surface area (Å²) in [7, 11) is -3.87. The fourth-order valence-electron chi connectivity index (χ4n) is 2.61. The molecule has 0 spiro atoms. The molecule has 0 fully saturated rings. The van der Waals surface area contributed by atoms with E-state index >= 15 is 0 Å². The molecule has 1 aliphatic heterocycles. The van der Waals surface area contributed by atoms with Gasteiger partial charge in [-0.05, 0) is 29.8 Å². The fraction of sp³-hybridized carbons (Fsp3) is 0.133. The first kappa shape index (κ1) is 15.1. The monoisotopic (exact) mass is 380 g/mol. The third kappa shape index (κ3) is 2.40. The Morgan fingerprint density at radius 2 is 1.91 bits per heavy atom. The van der Waals surface area contributed by atoms with Gasteiger partial charge in [0.25, 0.3) is 10.0 Å². The SMILES string of the molecule is NC(=O)[C@@H]1Cc2ccccc2N1S(=O)(=O)c1cccc(Br)c1. The second-order valence-electron chi connectivity index (χ2n) is 5.01. The number of hydrogen-bond donors (Lipinski definition) is 1. The lowest BCUT2D eigenvalue weighted by Crippen LogP contribution is -2.45. The minimum Gasteiger partial charge on any atom is -0.368 e. The van der Waals surface area contributed by atoms with Crippen molar-refractivity contribution in [2.75, 3.05) is 4.31 Å². The quantitative estimate of drug-likeness (QED) is 0.884. The first-order chi connectivity index (χ1) is 10.4. The summed E-state index contributed by atoms with van der Waals surface area (Å²) in [6.45, 7) is 0. The van der Waals surface area contributed by atoms with E-state index in [0.29, 0.717) is 16.6 Å². The summed E-state index contributed by atoms with van der Waals surface area (Å²) >= 11 is 3.26. The highest BCUT2D eigenvalue weighted by molar-refractivity contribution is 9.10. The summed E-state index contributed by atoms with van der Waals surface area (Å²) < 4.78 is 27.7. The molecule has 1 aliphatic rings. The van der Waals surface area contributed by atoms with Gasteiger partial charge in [0, 0.05) is 10.9 Å². The molecule has 3 rings (SSSR count). The molecule has 0 saturated heterocycles. The van der Waals surface area contributed by atoms with Crippen LogP contribution in [0.2, 0.25) is 0 Å². The molecular formula is C15H13BrN2O3S. The summed E-state index contributed by atoms with van der Waals surface area (Å²) in [5.74, 6) is -0.658. The number of halogens is 1. The molecule has 114 valence electrons. The number of amides is 1. The predicted octanol–water partition coefficient (Wildman–Crippen LogP) is 2.05. The molecule has 2 N–H and O–H groups in total. The number of nitrogens with two attached hydrogens (primary N) is 1. The molecule has 5 nitrogen and oxygen atoms in total. The van der Waals surface area contributed by atoms with E-state index in [9.17, 15) is 13.2 Å². The van der Waals surface area contributed by atoms with Gasteiger partial charge in [-0.1, -0.05) is 40.2 Å². The van der Waals surface area contributed by atoms with Gasteiger partial charge >= 0.3 is 0 Å². The summed E-state index contributed by atoms with van der Waals surface area (Å²) in [4.78, 5) is 11.8. The topological polar surface area (TPSA) is 80.5 Å². The highest BCUT2D eigenvalue weighted by Gasteiger charge is 2.41. The summed E-state index contributed by atoms with van der Waals surface area (Å²) in [6.07, 6.45) is 0.290. The lowest BCUT2D eigenvalue weighted by Gasteiger charge is -2.25. The second kappa shape index (κ2) is 5.40. The van der Waals surface area contributed by atoms with Gasteiger partial charge in [-0.2, -0.15) is 0 Å². The van der Waals surface area contributed by atoms with E-state index in [2.05, 4.69) is 15.9 Å². The lowest BCUT2D eigenvalue weighted by molar-refractivity contribution is -0.118. The molecule has 1 amide bonds. The van der Waals surface area contributed by atoms with Gasteiger partial charge in [-0.25, -0.2) is 8.42 Å². The number of para-hydroxylation sites is 1. The van der Waals surface area contributed by atoms with Crippen LogP contribution in [0.4, 0.5) is 5.69 Å². The highest BCUT2D eigenvalue weighted by atomic mass is 79.9. The number of fused-ring (bicyclic) bond motifs is 1. The smallest absolute Gasteiger partial charge is 0.265 e. The normalized spacial score (nSPS) is 17.3. The van der Waals surface area contributed by atoms with Gasteiger partial charge in [0.1, 0.15) is 6.04 Å². The third-order valence-corrected chi connectivity index (χ3v) is 5.92. The van der Waals surface area contributed by atoms with Crippen molar-refractivity contribution in [1.29, 1.82) is 0 Å². The van der Waals surface area contributed by atoms with Crippen LogP contribution in [0.3, 0.4) is 0 Å². The second-order valence-corrected chi connectivity index (χ2v) is 7.74. The van der Waals surface area contributed by atoms with Gasteiger partial charge in [0.05, 0.1) is 10.6 Å². The van der Waals surface area contributed by atoms with Crippen LogP contribution < -0.4 is 10.0 Å². The highest BCUT2D eigenvalue weighted by Crippen LogP contribution is 2.36. The predicted molar refractivity (Wildman–Crippen MR) is 86.9 cm³/mol. The number of benzene rings is 2. The largest absolute Gasteiger partial charge is 0.368 e. The van der Waals surface area contributed by atoms with Crippen molar-refractivity contribution in [3.8, 4) is 0 Å². The van der Waals surface area contributed by atoms with Crippen molar-refractivity contribution in [1.82, 2.24) is 0 Å². The van der Waals surface area contributed by atoms with Crippen molar-refractivity contribution in [3.63, 3.8) is 0 Å². The summed E-state index contributed by atoms with van der Waals surface area (Å²) in [6, 6.07) is 12.5. The average molecular weight is 381 g/mol. The number of hydrogen-bond acceptors (Lipinski definition) is 3. The minimum atomic E-state index is -3.87. The molecule has 2 aromatic carbocycles. The molecule has 7 heteroatoms. The molecule has 2 aromatic rings. The fourth-order valence-corrected chi connectivity index (χ4v) is 4.87. The Kier molecular flexibility index (Phi) is 3.70. The molecule has 0 saturated carbocycles. The van der Waals surface area contributed by atoms with E-state index in [1.54, 1.807) is 24.3 Å². The summed E-state index contributed by atoms with van der Waals surface area (Å²) in [5.41, 5.74) is 6.72. The molecular weight excluding hydrogens is 368 g/mol. The minimum absolute atomic E-state index is 0.116. The molecule has 1 heterocycles. The Morgan fingerprint density at radius 3 is 2.59 bits per heavy atom. The number of anilines is 1. The number of rotatable bonds is 3. The van der Waals surface area contributed by atoms with Crippen LogP contribution in [0.25, 0.3) is 0 Å². The van der Waals surface area contributed by atoms with Crippen molar-refractivity contribution in [3.05, 3.63) is 58.6 Å². The van der Waals surface area contributed by atoms with Crippen LogP contribution in [-0.2, 0) is 21.2 Å². The van der Waals surface area contributed by atoms with Gasteiger partial charge in [0.2, 0.25) is 5.91 Å². The van der Waals surface area contributed by atoms with Crippen LogP contribution in [0, 0.1) is 0 Å².